The lowest BCUT2D eigenvalue weighted by Crippen LogP contribution is -3.16. The highest BCUT2D eigenvalue weighted by Gasteiger charge is 2.26. The maximum Gasteiger partial charge on any atom is 0.275 e. The second-order valence-electron chi connectivity index (χ2n) is 4.07. The minimum absolute atomic E-state index is 0.0178. The lowest BCUT2D eigenvalue weighted by molar-refractivity contribution is -0.907. The number of morpholine rings is 1. The molecule has 0 saturated carbocycles. The van der Waals surface area contributed by atoms with Crippen molar-refractivity contribution < 1.29 is 14.4 Å². The van der Waals surface area contributed by atoms with Crippen molar-refractivity contribution >= 4 is 5.91 Å². The SMILES string of the molecule is C#CCNC(=O)C[NH+]1C[C@@H](C)O[C@@H](C)C1. The Kier molecular flexibility index (Phi) is 4.60. The fourth-order valence-electron chi connectivity index (χ4n) is 1.97. The van der Waals surface area contributed by atoms with Gasteiger partial charge in [0.1, 0.15) is 25.3 Å². The van der Waals surface area contributed by atoms with Crippen LogP contribution in [-0.4, -0.2) is 44.3 Å². The third kappa shape index (κ3) is 4.32. The number of amides is 1. The van der Waals surface area contributed by atoms with E-state index in [2.05, 4.69) is 11.2 Å². The lowest BCUT2D eigenvalue weighted by Gasteiger charge is -2.31. The third-order valence-corrected chi connectivity index (χ3v) is 2.42. The van der Waals surface area contributed by atoms with Gasteiger partial charge in [0.15, 0.2) is 6.54 Å². The number of hydrogen-bond donors (Lipinski definition) is 2. The fourth-order valence-corrected chi connectivity index (χ4v) is 1.97. The first kappa shape index (κ1) is 12.0. The van der Waals surface area contributed by atoms with Crippen LogP contribution in [0.2, 0.25) is 0 Å². The summed E-state index contributed by atoms with van der Waals surface area (Å²) < 4.78 is 5.59. The highest BCUT2D eigenvalue weighted by Crippen LogP contribution is 1.97. The second kappa shape index (κ2) is 5.74. The van der Waals surface area contributed by atoms with Crippen LogP contribution in [-0.2, 0) is 9.53 Å². The van der Waals surface area contributed by atoms with Crippen LogP contribution in [0.1, 0.15) is 13.8 Å². The molecule has 1 amide bonds. The Morgan fingerprint density at radius 2 is 2.13 bits per heavy atom. The molecule has 4 nitrogen and oxygen atoms in total. The molecule has 0 aromatic rings. The number of ether oxygens (including phenoxy) is 1. The summed E-state index contributed by atoms with van der Waals surface area (Å²) >= 11 is 0. The van der Waals surface area contributed by atoms with Gasteiger partial charge in [0.25, 0.3) is 5.91 Å². The molecule has 0 spiro atoms. The molecule has 84 valence electrons. The fraction of sp³-hybridized carbons (Fsp3) is 0.727. The van der Waals surface area contributed by atoms with Gasteiger partial charge in [-0.05, 0) is 13.8 Å². The Morgan fingerprint density at radius 1 is 1.53 bits per heavy atom. The highest BCUT2D eigenvalue weighted by molar-refractivity contribution is 5.77. The van der Waals surface area contributed by atoms with Crippen molar-refractivity contribution in [3.8, 4) is 12.3 Å². The largest absolute Gasteiger partial charge is 0.364 e. The average molecular weight is 211 g/mol. The summed E-state index contributed by atoms with van der Waals surface area (Å²) in [5.74, 6) is 2.41. The highest BCUT2D eigenvalue weighted by atomic mass is 16.5. The van der Waals surface area contributed by atoms with Crippen LogP contribution in [0.15, 0.2) is 0 Å². The molecule has 1 heterocycles. The molecule has 1 aliphatic heterocycles. The van der Waals surface area contributed by atoms with Gasteiger partial charge in [-0.25, -0.2) is 0 Å². The van der Waals surface area contributed by atoms with Gasteiger partial charge in [0.05, 0.1) is 6.54 Å². The van der Waals surface area contributed by atoms with E-state index in [4.69, 9.17) is 11.2 Å². The molecule has 0 bridgehead atoms. The number of rotatable bonds is 3. The molecule has 3 atom stereocenters. The van der Waals surface area contributed by atoms with E-state index < -0.39 is 0 Å². The van der Waals surface area contributed by atoms with Crippen molar-refractivity contribution in [1.29, 1.82) is 0 Å². The summed E-state index contributed by atoms with van der Waals surface area (Å²) in [6.45, 7) is 6.64. The van der Waals surface area contributed by atoms with E-state index in [1.54, 1.807) is 0 Å². The van der Waals surface area contributed by atoms with Crippen molar-refractivity contribution in [2.24, 2.45) is 0 Å². The zero-order valence-electron chi connectivity index (χ0n) is 9.38. The van der Waals surface area contributed by atoms with E-state index in [0.717, 1.165) is 13.1 Å². The Bertz CT molecular complexity index is 250. The van der Waals surface area contributed by atoms with E-state index >= 15 is 0 Å². The molecular weight excluding hydrogens is 192 g/mol. The smallest absolute Gasteiger partial charge is 0.275 e. The molecule has 1 unspecified atom stereocenters. The van der Waals surface area contributed by atoms with Crippen LogP contribution in [0.5, 0.6) is 0 Å². The summed E-state index contributed by atoms with van der Waals surface area (Å²) in [6, 6.07) is 0. The van der Waals surface area contributed by atoms with Crippen LogP contribution in [0, 0.1) is 12.3 Å². The van der Waals surface area contributed by atoms with Gasteiger partial charge in [-0.3, -0.25) is 4.79 Å². The van der Waals surface area contributed by atoms with Crippen LogP contribution < -0.4 is 10.2 Å². The molecule has 1 fully saturated rings. The Balaban J connectivity index is 2.31. The molecule has 0 radical (unpaired) electrons. The van der Waals surface area contributed by atoms with Gasteiger partial charge >= 0.3 is 0 Å². The zero-order chi connectivity index (χ0) is 11.3. The average Bonchev–Trinajstić information content (AvgIpc) is 2.13. The molecular formula is C11H19N2O2+. The van der Waals surface area contributed by atoms with Gasteiger partial charge in [-0.1, -0.05) is 5.92 Å². The molecule has 0 aliphatic carbocycles. The van der Waals surface area contributed by atoms with Crippen LogP contribution in [0.4, 0.5) is 0 Å². The first-order chi connectivity index (χ1) is 7.11. The number of nitrogens with one attached hydrogen (secondary N) is 2. The van der Waals surface area contributed by atoms with Crippen molar-refractivity contribution in [1.82, 2.24) is 5.32 Å². The standard InChI is InChI=1S/C11H18N2O2/c1-4-5-12-11(14)8-13-6-9(2)15-10(3)7-13/h1,9-10H,5-8H2,2-3H3,(H,12,14)/p+1/t9-,10+. The van der Waals surface area contributed by atoms with Crippen molar-refractivity contribution in [3.05, 3.63) is 0 Å². The number of terminal acetylenes is 1. The van der Waals surface area contributed by atoms with Crippen molar-refractivity contribution in [2.45, 2.75) is 26.1 Å². The summed E-state index contributed by atoms with van der Waals surface area (Å²) in [7, 11) is 0. The van der Waals surface area contributed by atoms with Gasteiger partial charge < -0.3 is 15.0 Å². The molecule has 0 aromatic heterocycles. The van der Waals surface area contributed by atoms with E-state index in [1.807, 2.05) is 13.8 Å². The topological polar surface area (TPSA) is 42.8 Å². The maximum atomic E-state index is 11.4. The zero-order valence-corrected chi connectivity index (χ0v) is 9.38. The minimum Gasteiger partial charge on any atom is -0.364 e. The first-order valence-corrected chi connectivity index (χ1v) is 5.31. The molecule has 0 aromatic carbocycles. The lowest BCUT2D eigenvalue weighted by atomic mass is 10.2. The molecule has 1 saturated heterocycles. The predicted octanol–water partition coefficient (Wildman–Crippen LogP) is -1.57. The summed E-state index contributed by atoms with van der Waals surface area (Å²) in [6.07, 6.45) is 5.51. The van der Waals surface area contributed by atoms with Gasteiger partial charge in [-0.15, -0.1) is 6.42 Å². The Morgan fingerprint density at radius 3 is 2.67 bits per heavy atom. The predicted molar refractivity (Wildman–Crippen MR) is 57.4 cm³/mol. The second-order valence-corrected chi connectivity index (χ2v) is 4.07. The molecule has 15 heavy (non-hydrogen) atoms. The summed E-state index contributed by atoms with van der Waals surface area (Å²) in [5, 5.41) is 2.67. The third-order valence-electron chi connectivity index (χ3n) is 2.42. The Hall–Kier alpha value is -1.05. The number of hydrogen-bond acceptors (Lipinski definition) is 2. The van der Waals surface area contributed by atoms with Gasteiger partial charge in [0.2, 0.25) is 0 Å². The quantitative estimate of drug-likeness (QED) is 0.554. The number of carbonyl (C=O) groups excluding carboxylic acids is 1. The van der Waals surface area contributed by atoms with Crippen molar-refractivity contribution in [2.75, 3.05) is 26.2 Å². The van der Waals surface area contributed by atoms with Gasteiger partial charge in [-0.2, -0.15) is 0 Å². The van der Waals surface area contributed by atoms with Crippen LogP contribution >= 0.6 is 0 Å². The summed E-state index contributed by atoms with van der Waals surface area (Å²) in [5.41, 5.74) is 0. The van der Waals surface area contributed by atoms with Crippen molar-refractivity contribution in [3.63, 3.8) is 0 Å². The normalized spacial score (nSPS) is 30.6. The van der Waals surface area contributed by atoms with E-state index in [0.29, 0.717) is 13.1 Å². The minimum atomic E-state index is 0.0178. The molecule has 4 heteroatoms. The molecule has 2 N–H and O–H groups in total. The van der Waals surface area contributed by atoms with Gasteiger partial charge in [0, 0.05) is 0 Å². The number of carbonyl (C=O) groups is 1. The monoisotopic (exact) mass is 211 g/mol. The molecule has 1 aliphatic rings. The Labute approximate surface area is 91.0 Å². The van der Waals surface area contributed by atoms with Crippen LogP contribution in [0.25, 0.3) is 0 Å². The maximum absolute atomic E-state index is 11.4. The van der Waals surface area contributed by atoms with E-state index in [-0.39, 0.29) is 18.1 Å². The first-order valence-electron chi connectivity index (χ1n) is 5.31. The van der Waals surface area contributed by atoms with E-state index in [1.165, 1.54) is 4.90 Å². The van der Waals surface area contributed by atoms with Crippen LogP contribution in [0.3, 0.4) is 0 Å². The van der Waals surface area contributed by atoms with E-state index in [9.17, 15) is 4.79 Å². The molecule has 1 rings (SSSR count). The number of quaternary nitrogens is 1. The summed E-state index contributed by atoms with van der Waals surface area (Å²) in [4.78, 5) is 12.7.